The van der Waals surface area contributed by atoms with Crippen molar-refractivity contribution < 1.29 is 22.7 Å². The van der Waals surface area contributed by atoms with Gasteiger partial charge in [0.2, 0.25) is 6.79 Å². The van der Waals surface area contributed by atoms with Gasteiger partial charge in [-0.15, -0.1) is 11.3 Å². The molecule has 0 atom stereocenters. The highest BCUT2D eigenvalue weighted by molar-refractivity contribution is 7.91. The minimum absolute atomic E-state index is 0.0660. The van der Waals surface area contributed by atoms with Crippen LogP contribution in [0.1, 0.15) is 28.8 Å². The van der Waals surface area contributed by atoms with E-state index in [1.807, 2.05) is 18.2 Å². The molecule has 1 amide bonds. The molecule has 8 nitrogen and oxygen atoms in total. The van der Waals surface area contributed by atoms with E-state index < -0.39 is 10.0 Å². The Labute approximate surface area is 186 Å². The lowest BCUT2D eigenvalue weighted by atomic mass is 10.2. The molecule has 5 rings (SSSR count). The maximum atomic E-state index is 13.1. The molecule has 0 radical (unpaired) electrons. The first-order chi connectivity index (χ1) is 15.0. The van der Waals surface area contributed by atoms with Crippen LogP contribution in [0.5, 0.6) is 11.5 Å². The summed E-state index contributed by atoms with van der Waals surface area (Å²) in [6.45, 7) is 4.66. The molecule has 166 valence electrons. The van der Waals surface area contributed by atoms with E-state index in [1.165, 1.54) is 4.31 Å². The second-order valence-corrected chi connectivity index (χ2v) is 11.1. The molecule has 0 unspecified atom stereocenters. The topological polar surface area (TPSA) is 79.4 Å². The molecule has 2 saturated heterocycles. The maximum absolute atomic E-state index is 13.1. The molecular weight excluding hydrogens is 438 g/mol. The van der Waals surface area contributed by atoms with Crippen molar-refractivity contribution in [3.8, 4) is 11.5 Å². The lowest BCUT2D eigenvalue weighted by Gasteiger charge is -2.33. The van der Waals surface area contributed by atoms with Gasteiger partial charge in [-0.1, -0.05) is 6.07 Å². The van der Waals surface area contributed by atoms with Gasteiger partial charge in [-0.25, -0.2) is 8.42 Å². The van der Waals surface area contributed by atoms with Crippen LogP contribution < -0.4 is 9.47 Å². The van der Waals surface area contributed by atoms with Gasteiger partial charge in [-0.05, 0) is 36.6 Å². The molecule has 4 heterocycles. The summed E-state index contributed by atoms with van der Waals surface area (Å²) in [5.41, 5.74) is 1.59. The van der Waals surface area contributed by atoms with Crippen molar-refractivity contribution in [1.29, 1.82) is 0 Å². The third-order valence-corrected chi connectivity index (χ3v) is 9.30. The molecule has 0 bridgehead atoms. The summed E-state index contributed by atoms with van der Waals surface area (Å²) >= 11 is 1.14. The molecule has 0 saturated carbocycles. The Morgan fingerprint density at radius 2 is 1.71 bits per heavy atom. The number of carbonyl (C=O) groups is 1. The largest absolute Gasteiger partial charge is 0.454 e. The van der Waals surface area contributed by atoms with E-state index in [4.69, 9.17) is 9.47 Å². The number of likely N-dealkylation sites (tertiary alicyclic amines) is 1. The van der Waals surface area contributed by atoms with Crippen molar-refractivity contribution in [1.82, 2.24) is 14.1 Å². The van der Waals surface area contributed by atoms with Crippen molar-refractivity contribution in [2.75, 3.05) is 46.1 Å². The number of hydrogen-bond acceptors (Lipinski definition) is 7. The second-order valence-electron chi connectivity index (χ2n) is 8.02. The summed E-state index contributed by atoms with van der Waals surface area (Å²) in [6, 6.07) is 7.45. The number of amides is 1. The Balaban J connectivity index is 1.20. The zero-order valence-corrected chi connectivity index (χ0v) is 18.8. The quantitative estimate of drug-likeness (QED) is 0.677. The van der Waals surface area contributed by atoms with Crippen LogP contribution in [0.4, 0.5) is 0 Å². The number of rotatable bonds is 5. The van der Waals surface area contributed by atoms with Crippen LogP contribution in [0, 0.1) is 0 Å². The summed E-state index contributed by atoms with van der Waals surface area (Å²) in [4.78, 5) is 16.6. The molecular formula is C21H25N3O5S2. The zero-order valence-electron chi connectivity index (χ0n) is 17.2. The fraction of sp³-hybridized carbons (Fsp3) is 0.476. The highest BCUT2D eigenvalue weighted by atomic mass is 32.2. The Bertz CT molecular complexity index is 1070. The number of sulfonamides is 1. The van der Waals surface area contributed by atoms with Gasteiger partial charge >= 0.3 is 0 Å². The van der Waals surface area contributed by atoms with E-state index in [-0.39, 0.29) is 16.9 Å². The van der Waals surface area contributed by atoms with Gasteiger partial charge in [0.25, 0.3) is 15.9 Å². The SMILES string of the molecule is O=C(c1csc(S(=O)(=O)N2CCN(Cc3ccc4c(c3)OCO4)CC2)c1)N1CCCC1. The van der Waals surface area contributed by atoms with Crippen LogP contribution in [0.25, 0.3) is 0 Å². The summed E-state index contributed by atoms with van der Waals surface area (Å²) in [5.74, 6) is 1.46. The zero-order chi connectivity index (χ0) is 21.4. The molecule has 1 aromatic carbocycles. The monoisotopic (exact) mass is 463 g/mol. The molecule has 0 N–H and O–H groups in total. The average Bonchev–Trinajstić information content (AvgIpc) is 3.55. The first kappa shape index (κ1) is 20.7. The van der Waals surface area contributed by atoms with Crippen LogP contribution in [0.3, 0.4) is 0 Å². The smallest absolute Gasteiger partial charge is 0.254 e. The van der Waals surface area contributed by atoms with Gasteiger partial charge in [-0.2, -0.15) is 4.31 Å². The van der Waals surface area contributed by atoms with Crippen molar-refractivity contribution in [2.24, 2.45) is 0 Å². The van der Waals surface area contributed by atoms with Gasteiger partial charge in [0.1, 0.15) is 4.21 Å². The van der Waals surface area contributed by atoms with Crippen molar-refractivity contribution >= 4 is 27.3 Å². The number of fused-ring (bicyclic) bond motifs is 1. The molecule has 31 heavy (non-hydrogen) atoms. The number of thiophene rings is 1. The van der Waals surface area contributed by atoms with Crippen LogP contribution in [0.2, 0.25) is 0 Å². The second kappa shape index (κ2) is 8.42. The molecule has 3 aliphatic heterocycles. The fourth-order valence-electron chi connectivity index (χ4n) is 4.22. The molecule has 1 aromatic heterocycles. The molecule has 10 heteroatoms. The molecule has 3 aliphatic rings. The van der Waals surface area contributed by atoms with Gasteiger partial charge in [0.15, 0.2) is 11.5 Å². The van der Waals surface area contributed by atoms with E-state index in [1.54, 1.807) is 16.3 Å². The molecule has 2 fully saturated rings. The predicted octanol–water partition coefficient (Wildman–Crippen LogP) is 2.22. The first-order valence-electron chi connectivity index (χ1n) is 10.5. The Morgan fingerprint density at radius 1 is 0.968 bits per heavy atom. The van der Waals surface area contributed by atoms with E-state index in [2.05, 4.69) is 4.90 Å². The number of piperazine rings is 1. The van der Waals surface area contributed by atoms with Crippen molar-refractivity contribution in [3.63, 3.8) is 0 Å². The first-order valence-corrected chi connectivity index (χ1v) is 12.8. The molecule has 2 aromatic rings. The number of hydrogen-bond donors (Lipinski definition) is 0. The minimum Gasteiger partial charge on any atom is -0.454 e. The maximum Gasteiger partial charge on any atom is 0.254 e. The third-order valence-electron chi connectivity index (χ3n) is 5.98. The van der Waals surface area contributed by atoms with Crippen LogP contribution in [-0.2, 0) is 16.6 Å². The minimum atomic E-state index is -3.58. The van der Waals surface area contributed by atoms with Crippen molar-refractivity contribution in [2.45, 2.75) is 23.6 Å². The molecule has 0 spiro atoms. The Hall–Kier alpha value is -2.14. The van der Waals surface area contributed by atoms with E-state index >= 15 is 0 Å². The fourth-order valence-corrected chi connectivity index (χ4v) is 6.95. The number of carbonyl (C=O) groups excluding carboxylic acids is 1. The van der Waals surface area contributed by atoms with Gasteiger partial charge in [0, 0.05) is 51.2 Å². The Morgan fingerprint density at radius 3 is 2.48 bits per heavy atom. The summed E-state index contributed by atoms with van der Waals surface area (Å²) in [6.07, 6.45) is 2.02. The van der Waals surface area contributed by atoms with Gasteiger partial charge in [0.05, 0.1) is 5.56 Å². The van der Waals surface area contributed by atoms with Gasteiger partial charge in [-0.3, -0.25) is 9.69 Å². The number of nitrogens with zero attached hydrogens (tertiary/aromatic N) is 3. The van der Waals surface area contributed by atoms with Gasteiger partial charge < -0.3 is 14.4 Å². The van der Waals surface area contributed by atoms with Crippen LogP contribution >= 0.6 is 11.3 Å². The third kappa shape index (κ3) is 4.17. The summed E-state index contributed by atoms with van der Waals surface area (Å²) < 4.78 is 38.8. The number of ether oxygens (including phenoxy) is 2. The summed E-state index contributed by atoms with van der Waals surface area (Å²) in [7, 11) is -3.58. The highest BCUT2D eigenvalue weighted by Crippen LogP contribution is 2.33. The average molecular weight is 464 g/mol. The summed E-state index contributed by atoms with van der Waals surface area (Å²) in [5, 5.41) is 1.67. The van der Waals surface area contributed by atoms with E-state index in [0.29, 0.717) is 31.7 Å². The van der Waals surface area contributed by atoms with Crippen molar-refractivity contribution in [3.05, 3.63) is 40.8 Å². The lowest BCUT2D eigenvalue weighted by molar-refractivity contribution is 0.0793. The van der Waals surface area contributed by atoms with Crippen LogP contribution in [0.15, 0.2) is 33.9 Å². The van der Waals surface area contributed by atoms with Crippen LogP contribution in [-0.4, -0.2) is 74.5 Å². The predicted molar refractivity (Wildman–Crippen MR) is 116 cm³/mol. The number of benzene rings is 1. The highest BCUT2D eigenvalue weighted by Gasteiger charge is 2.31. The lowest BCUT2D eigenvalue weighted by Crippen LogP contribution is -2.48. The Kier molecular flexibility index (Phi) is 5.63. The normalized spacial score (nSPS) is 19.8. The standard InChI is InChI=1S/C21H25N3O5S2/c25-21(23-5-1-2-6-23)17-12-20(30-14-17)31(26,27)24-9-7-22(8-10-24)13-16-3-4-18-19(11-16)29-15-28-18/h3-4,11-12,14H,1-2,5-10,13,15H2. The van der Waals surface area contributed by atoms with E-state index in [0.717, 1.165) is 60.9 Å². The molecule has 0 aliphatic carbocycles. The van der Waals surface area contributed by atoms with E-state index in [9.17, 15) is 13.2 Å².